The van der Waals surface area contributed by atoms with Crippen molar-refractivity contribution in [2.24, 2.45) is 11.7 Å². The first kappa shape index (κ1) is 14.5. The molecular formula is C13H26N2O2. The van der Waals surface area contributed by atoms with Gasteiger partial charge in [0.1, 0.15) is 5.54 Å². The number of carboxylic acids is 1. The van der Waals surface area contributed by atoms with Crippen LogP contribution in [0.4, 0.5) is 0 Å². The van der Waals surface area contributed by atoms with E-state index in [0.29, 0.717) is 6.42 Å². The quantitative estimate of drug-likeness (QED) is 0.744. The number of aliphatic carboxylic acids is 1. The van der Waals surface area contributed by atoms with Crippen molar-refractivity contribution in [3.63, 3.8) is 0 Å². The van der Waals surface area contributed by atoms with E-state index in [0.717, 1.165) is 19.0 Å². The monoisotopic (exact) mass is 242 g/mol. The minimum absolute atomic E-state index is 0.253. The number of carboxylic acid groups (broad SMARTS) is 1. The van der Waals surface area contributed by atoms with Crippen LogP contribution in [0.15, 0.2) is 0 Å². The molecule has 4 nitrogen and oxygen atoms in total. The van der Waals surface area contributed by atoms with Crippen LogP contribution in [0.3, 0.4) is 0 Å². The van der Waals surface area contributed by atoms with Crippen LogP contribution < -0.4 is 5.73 Å². The molecule has 1 aliphatic heterocycles. The predicted octanol–water partition coefficient (Wildman–Crippen LogP) is 1.69. The summed E-state index contributed by atoms with van der Waals surface area (Å²) < 4.78 is 0. The molecule has 3 atom stereocenters. The Morgan fingerprint density at radius 2 is 2.29 bits per heavy atom. The van der Waals surface area contributed by atoms with Crippen molar-refractivity contribution >= 4 is 5.97 Å². The smallest absolute Gasteiger partial charge is 0.323 e. The van der Waals surface area contributed by atoms with Gasteiger partial charge in [-0.15, -0.1) is 0 Å². The van der Waals surface area contributed by atoms with E-state index in [-0.39, 0.29) is 6.04 Å². The van der Waals surface area contributed by atoms with Gasteiger partial charge in [0.15, 0.2) is 0 Å². The maximum atomic E-state index is 11.0. The second-order valence-corrected chi connectivity index (χ2v) is 5.71. The van der Waals surface area contributed by atoms with E-state index < -0.39 is 11.5 Å². The number of rotatable bonds is 6. The molecule has 1 fully saturated rings. The molecule has 3 unspecified atom stereocenters. The Bertz CT molecular complexity index is 266. The molecule has 1 saturated heterocycles. The predicted molar refractivity (Wildman–Crippen MR) is 68.9 cm³/mol. The van der Waals surface area contributed by atoms with Crippen LogP contribution in [-0.4, -0.2) is 40.6 Å². The molecule has 0 saturated carbocycles. The zero-order valence-electron chi connectivity index (χ0n) is 11.3. The van der Waals surface area contributed by atoms with E-state index in [1.807, 2.05) is 0 Å². The number of hydrogen-bond donors (Lipinski definition) is 2. The second kappa shape index (κ2) is 5.83. The third kappa shape index (κ3) is 3.96. The third-order valence-electron chi connectivity index (χ3n) is 3.85. The summed E-state index contributed by atoms with van der Waals surface area (Å²) in [6.07, 6.45) is 4.27. The van der Waals surface area contributed by atoms with Gasteiger partial charge in [0.2, 0.25) is 0 Å². The van der Waals surface area contributed by atoms with Crippen molar-refractivity contribution in [2.45, 2.75) is 58.0 Å². The van der Waals surface area contributed by atoms with Crippen molar-refractivity contribution < 1.29 is 9.90 Å². The summed E-state index contributed by atoms with van der Waals surface area (Å²) >= 11 is 0. The lowest BCUT2D eigenvalue weighted by Gasteiger charge is -2.30. The summed E-state index contributed by atoms with van der Waals surface area (Å²) in [5, 5.41) is 9.03. The molecule has 17 heavy (non-hydrogen) atoms. The lowest BCUT2D eigenvalue weighted by Crippen LogP contribution is -2.49. The van der Waals surface area contributed by atoms with Gasteiger partial charge in [-0.05, 0) is 45.6 Å². The number of carbonyl (C=O) groups is 1. The van der Waals surface area contributed by atoms with Crippen LogP contribution in [0.5, 0.6) is 0 Å². The van der Waals surface area contributed by atoms with E-state index in [1.54, 1.807) is 6.92 Å². The van der Waals surface area contributed by atoms with E-state index >= 15 is 0 Å². The van der Waals surface area contributed by atoms with Crippen molar-refractivity contribution in [1.29, 1.82) is 0 Å². The molecule has 0 radical (unpaired) electrons. The largest absolute Gasteiger partial charge is 0.480 e. The molecule has 1 rings (SSSR count). The fourth-order valence-electron chi connectivity index (χ4n) is 2.74. The Balaban J connectivity index is 2.44. The zero-order valence-corrected chi connectivity index (χ0v) is 11.3. The summed E-state index contributed by atoms with van der Waals surface area (Å²) in [7, 11) is 0. The van der Waals surface area contributed by atoms with E-state index in [2.05, 4.69) is 18.7 Å². The molecule has 3 N–H and O–H groups in total. The van der Waals surface area contributed by atoms with E-state index in [1.165, 1.54) is 19.3 Å². The van der Waals surface area contributed by atoms with Crippen molar-refractivity contribution in [3.8, 4) is 0 Å². The van der Waals surface area contributed by atoms with Gasteiger partial charge in [0.05, 0.1) is 0 Å². The summed E-state index contributed by atoms with van der Waals surface area (Å²) in [4.78, 5) is 13.4. The standard InChI is InChI=1S/C13H26N2O2/c1-4-5-11-6-7-15(9-11)10(2)8-13(3,14)12(16)17/h10-11H,4-9,14H2,1-3H3,(H,16,17). The Morgan fingerprint density at radius 1 is 1.65 bits per heavy atom. The van der Waals surface area contributed by atoms with Gasteiger partial charge >= 0.3 is 5.97 Å². The molecule has 0 aromatic heterocycles. The summed E-state index contributed by atoms with van der Waals surface area (Å²) in [5.41, 5.74) is 4.69. The van der Waals surface area contributed by atoms with Crippen LogP contribution in [0.2, 0.25) is 0 Å². The van der Waals surface area contributed by atoms with Crippen LogP contribution in [0.1, 0.15) is 46.5 Å². The first-order valence-corrected chi connectivity index (χ1v) is 6.63. The number of nitrogens with two attached hydrogens (primary N) is 1. The average Bonchev–Trinajstić information content (AvgIpc) is 2.66. The first-order chi connectivity index (χ1) is 7.86. The third-order valence-corrected chi connectivity index (χ3v) is 3.85. The van der Waals surface area contributed by atoms with Crippen molar-refractivity contribution in [1.82, 2.24) is 4.90 Å². The minimum Gasteiger partial charge on any atom is -0.480 e. The summed E-state index contributed by atoms with van der Waals surface area (Å²) in [6.45, 7) is 8.09. The Hall–Kier alpha value is -0.610. The lowest BCUT2D eigenvalue weighted by molar-refractivity contribution is -0.143. The van der Waals surface area contributed by atoms with Crippen LogP contribution in [0.25, 0.3) is 0 Å². The number of hydrogen-bond acceptors (Lipinski definition) is 3. The Labute approximate surface area is 104 Å². The zero-order chi connectivity index (χ0) is 13.1. The molecule has 0 amide bonds. The molecule has 1 aliphatic rings. The molecule has 0 spiro atoms. The number of likely N-dealkylation sites (tertiary alicyclic amines) is 1. The van der Waals surface area contributed by atoms with E-state index in [4.69, 9.17) is 10.8 Å². The molecule has 1 heterocycles. The SMILES string of the molecule is CCCC1CCN(C(C)CC(C)(N)C(=O)O)C1. The molecule has 0 aromatic carbocycles. The van der Waals surface area contributed by atoms with Crippen LogP contribution >= 0.6 is 0 Å². The van der Waals surface area contributed by atoms with Gasteiger partial charge in [-0.1, -0.05) is 13.3 Å². The maximum absolute atomic E-state index is 11.0. The van der Waals surface area contributed by atoms with Crippen LogP contribution in [0, 0.1) is 5.92 Å². The summed E-state index contributed by atoms with van der Waals surface area (Å²) in [5.74, 6) is -0.120. The highest BCUT2D eigenvalue weighted by Gasteiger charge is 2.34. The topological polar surface area (TPSA) is 66.6 Å². The van der Waals surface area contributed by atoms with Gasteiger partial charge < -0.3 is 15.7 Å². The lowest BCUT2D eigenvalue weighted by atomic mass is 9.94. The Kier molecular flexibility index (Phi) is 4.95. The van der Waals surface area contributed by atoms with Crippen molar-refractivity contribution in [3.05, 3.63) is 0 Å². The fraction of sp³-hybridized carbons (Fsp3) is 0.923. The highest BCUT2D eigenvalue weighted by atomic mass is 16.4. The number of nitrogens with zero attached hydrogens (tertiary/aromatic N) is 1. The molecule has 100 valence electrons. The van der Waals surface area contributed by atoms with Gasteiger partial charge in [0, 0.05) is 12.6 Å². The van der Waals surface area contributed by atoms with E-state index in [9.17, 15) is 4.79 Å². The first-order valence-electron chi connectivity index (χ1n) is 6.63. The Morgan fingerprint density at radius 3 is 2.82 bits per heavy atom. The molecule has 0 bridgehead atoms. The fourth-order valence-corrected chi connectivity index (χ4v) is 2.74. The molecular weight excluding hydrogens is 216 g/mol. The normalized spacial score (nSPS) is 26.7. The van der Waals surface area contributed by atoms with Gasteiger partial charge in [0.25, 0.3) is 0 Å². The average molecular weight is 242 g/mol. The minimum atomic E-state index is -1.11. The highest BCUT2D eigenvalue weighted by molar-refractivity contribution is 5.77. The summed E-state index contributed by atoms with van der Waals surface area (Å²) in [6, 6.07) is 0.253. The van der Waals surface area contributed by atoms with Crippen LogP contribution in [-0.2, 0) is 4.79 Å². The van der Waals surface area contributed by atoms with Gasteiger partial charge in [-0.2, -0.15) is 0 Å². The highest BCUT2D eigenvalue weighted by Crippen LogP contribution is 2.25. The molecule has 0 aliphatic carbocycles. The van der Waals surface area contributed by atoms with Gasteiger partial charge in [-0.3, -0.25) is 4.79 Å². The van der Waals surface area contributed by atoms with Gasteiger partial charge in [-0.25, -0.2) is 0 Å². The second-order valence-electron chi connectivity index (χ2n) is 5.71. The maximum Gasteiger partial charge on any atom is 0.323 e. The van der Waals surface area contributed by atoms with Crippen molar-refractivity contribution in [2.75, 3.05) is 13.1 Å². The molecule has 4 heteroatoms. The molecule has 0 aromatic rings.